The molecule has 1 aliphatic rings. The maximum absolute atomic E-state index is 12.5. The highest BCUT2D eigenvalue weighted by Crippen LogP contribution is 2.26. The van der Waals surface area contributed by atoms with Crippen LogP contribution in [0.4, 0.5) is 5.69 Å². The topological polar surface area (TPSA) is 41.6 Å². The van der Waals surface area contributed by atoms with Gasteiger partial charge in [-0.15, -0.1) is 0 Å². The molecule has 0 unspecified atom stereocenters. The molecule has 0 spiro atoms. The van der Waals surface area contributed by atoms with E-state index in [4.69, 9.17) is 4.74 Å². The van der Waals surface area contributed by atoms with Gasteiger partial charge in [-0.1, -0.05) is 46.3 Å². The first-order valence-corrected chi connectivity index (χ1v) is 11.4. The second-order valence-electron chi connectivity index (χ2n) is 8.14. The van der Waals surface area contributed by atoms with Crippen LogP contribution in [0.15, 0.2) is 71.2 Å². The molecule has 0 radical (unpaired) electrons. The van der Waals surface area contributed by atoms with Gasteiger partial charge in [0.25, 0.3) is 5.91 Å². The number of rotatable bonds is 5. The summed E-state index contributed by atoms with van der Waals surface area (Å²) in [4.78, 5) is 14.8. The summed E-state index contributed by atoms with van der Waals surface area (Å²) in [5.41, 5.74) is 4.72. The number of halogens is 1. The monoisotopic (exact) mass is 478 g/mol. The van der Waals surface area contributed by atoms with Gasteiger partial charge in [0, 0.05) is 28.8 Å². The van der Waals surface area contributed by atoms with Crippen LogP contribution in [0.2, 0.25) is 0 Å². The number of anilines is 1. The van der Waals surface area contributed by atoms with Crippen molar-refractivity contribution < 1.29 is 9.53 Å². The number of likely N-dealkylation sites (tertiary alicyclic amines) is 1. The van der Waals surface area contributed by atoms with Gasteiger partial charge < -0.3 is 15.0 Å². The molecule has 0 atom stereocenters. The van der Waals surface area contributed by atoms with Crippen LogP contribution < -0.4 is 10.1 Å². The molecular formula is C26H27BrN2O2. The lowest BCUT2D eigenvalue weighted by atomic mass is 10.0. The molecule has 0 aromatic heterocycles. The van der Waals surface area contributed by atoms with Crippen LogP contribution >= 0.6 is 15.9 Å². The minimum Gasteiger partial charge on any atom is -0.490 e. The highest BCUT2D eigenvalue weighted by Gasteiger charge is 2.18. The van der Waals surface area contributed by atoms with E-state index in [2.05, 4.69) is 45.3 Å². The zero-order valence-corrected chi connectivity index (χ0v) is 19.5. The highest BCUT2D eigenvalue weighted by molar-refractivity contribution is 9.10. The van der Waals surface area contributed by atoms with Gasteiger partial charge in [0.05, 0.1) is 0 Å². The molecule has 1 aliphatic heterocycles. The van der Waals surface area contributed by atoms with Crippen LogP contribution in [0.3, 0.4) is 0 Å². The summed E-state index contributed by atoms with van der Waals surface area (Å²) in [6.07, 6.45) is 2.45. The van der Waals surface area contributed by atoms with Crippen molar-refractivity contribution in [1.29, 1.82) is 0 Å². The predicted octanol–water partition coefficient (Wildman–Crippen LogP) is 6.15. The quantitative estimate of drug-likeness (QED) is 0.477. The molecule has 1 amide bonds. The van der Waals surface area contributed by atoms with Crippen molar-refractivity contribution >= 4 is 27.5 Å². The molecule has 1 N–H and O–H groups in total. The Kier molecular flexibility index (Phi) is 6.73. The Hall–Kier alpha value is -2.63. The fraction of sp³-hybridized carbons (Fsp3) is 0.269. The van der Waals surface area contributed by atoms with E-state index in [1.807, 2.05) is 61.5 Å². The van der Waals surface area contributed by atoms with Crippen molar-refractivity contribution in [3.8, 4) is 16.9 Å². The SMILES string of the molecule is Cc1ccc(C(=O)Nc2ccc(-c3ccc(OC4CCN(C)CC4)cc3)cc2)cc1Br. The number of amides is 1. The van der Waals surface area contributed by atoms with Crippen molar-refractivity contribution in [2.24, 2.45) is 0 Å². The number of nitrogens with zero attached hydrogens (tertiary/aromatic N) is 1. The molecule has 4 nitrogen and oxygen atoms in total. The molecule has 160 valence electrons. The summed E-state index contributed by atoms with van der Waals surface area (Å²) in [7, 11) is 2.16. The standard InChI is InChI=1S/C26H27BrN2O2/c1-18-3-4-21(17-25(18)27)26(30)28-22-9-5-19(6-10-22)20-7-11-23(12-8-20)31-24-13-15-29(2)16-14-24/h3-12,17,24H,13-16H2,1-2H3,(H,28,30). The Morgan fingerprint density at radius 2 is 1.58 bits per heavy atom. The fourth-order valence-electron chi connectivity index (χ4n) is 3.70. The van der Waals surface area contributed by atoms with E-state index in [-0.39, 0.29) is 5.91 Å². The van der Waals surface area contributed by atoms with E-state index in [9.17, 15) is 4.79 Å². The van der Waals surface area contributed by atoms with Gasteiger partial charge in [-0.25, -0.2) is 0 Å². The first-order chi connectivity index (χ1) is 15.0. The molecule has 31 heavy (non-hydrogen) atoms. The Balaban J connectivity index is 1.37. The Morgan fingerprint density at radius 1 is 0.968 bits per heavy atom. The van der Waals surface area contributed by atoms with Gasteiger partial charge in [-0.2, -0.15) is 0 Å². The number of benzene rings is 3. The molecule has 3 aromatic rings. The second kappa shape index (κ2) is 9.67. The molecule has 5 heteroatoms. The van der Waals surface area contributed by atoms with Crippen LogP contribution in [0.25, 0.3) is 11.1 Å². The Morgan fingerprint density at radius 3 is 2.19 bits per heavy atom. The number of nitrogens with one attached hydrogen (secondary N) is 1. The summed E-state index contributed by atoms with van der Waals surface area (Å²) >= 11 is 3.48. The third-order valence-corrected chi connectivity index (χ3v) is 6.59. The highest BCUT2D eigenvalue weighted by atomic mass is 79.9. The summed E-state index contributed by atoms with van der Waals surface area (Å²) in [5, 5.41) is 2.96. The van der Waals surface area contributed by atoms with Crippen molar-refractivity contribution in [2.45, 2.75) is 25.9 Å². The third-order valence-electron chi connectivity index (χ3n) is 5.73. The molecular weight excluding hydrogens is 452 g/mol. The third kappa shape index (κ3) is 5.54. The van der Waals surface area contributed by atoms with Gasteiger partial charge in [0.2, 0.25) is 0 Å². The summed E-state index contributed by atoms with van der Waals surface area (Å²) < 4.78 is 7.07. The molecule has 1 fully saturated rings. The summed E-state index contributed by atoms with van der Waals surface area (Å²) in [5.74, 6) is 0.801. The van der Waals surface area contributed by atoms with Gasteiger partial charge >= 0.3 is 0 Å². The van der Waals surface area contributed by atoms with Crippen LogP contribution in [-0.4, -0.2) is 37.0 Å². The summed E-state index contributed by atoms with van der Waals surface area (Å²) in [6.45, 7) is 4.18. The number of piperidine rings is 1. The lowest BCUT2D eigenvalue weighted by molar-refractivity contribution is 0.102. The van der Waals surface area contributed by atoms with Crippen molar-refractivity contribution in [3.05, 3.63) is 82.3 Å². The molecule has 0 saturated carbocycles. The average molecular weight is 479 g/mol. The fourth-order valence-corrected chi connectivity index (χ4v) is 4.08. The predicted molar refractivity (Wildman–Crippen MR) is 130 cm³/mol. The van der Waals surface area contributed by atoms with Gasteiger partial charge in [0.1, 0.15) is 11.9 Å². The van der Waals surface area contributed by atoms with Crippen molar-refractivity contribution in [1.82, 2.24) is 4.90 Å². The van der Waals surface area contributed by atoms with E-state index in [1.54, 1.807) is 0 Å². The molecule has 0 aliphatic carbocycles. The smallest absolute Gasteiger partial charge is 0.255 e. The number of carbonyl (C=O) groups is 1. The van der Waals surface area contributed by atoms with Crippen LogP contribution in [0, 0.1) is 6.92 Å². The second-order valence-corrected chi connectivity index (χ2v) is 8.99. The maximum Gasteiger partial charge on any atom is 0.255 e. The lowest BCUT2D eigenvalue weighted by Crippen LogP contribution is -2.35. The van der Waals surface area contributed by atoms with E-state index in [0.717, 1.165) is 58.5 Å². The number of ether oxygens (including phenoxy) is 1. The zero-order chi connectivity index (χ0) is 21.8. The van der Waals surface area contributed by atoms with Crippen LogP contribution in [0.1, 0.15) is 28.8 Å². The van der Waals surface area contributed by atoms with Crippen LogP contribution in [0.5, 0.6) is 5.75 Å². The van der Waals surface area contributed by atoms with E-state index < -0.39 is 0 Å². The van der Waals surface area contributed by atoms with E-state index in [0.29, 0.717) is 11.7 Å². The van der Waals surface area contributed by atoms with Crippen molar-refractivity contribution in [2.75, 3.05) is 25.5 Å². The minimum atomic E-state index is -0.121. The van der Waals surface area contributed by atoms with Gasteiger partial charge in [0.15, 0.2) is 0 Å². The van der Waals surface area contributed by atoms with Gasteiger partial charge in [-0.3, -0.25) is 4.79 Å². The summed E-state index contributed by atoms with van der Waals surface area (Å²) in [6, 6.07) is 21.8. The first kappa shape index (κ1) is 21.6. The van der Waals surface area contributed by atoms with E-state index >= 15 is 0 Å². The Bertz CT molecular complexity index is 1040. The maximum atomic E-state index is 12.5. The molecule has 1 saturated heterocycles. The molecule has 0 bridgehead atoms. The number of hydrogen-bond donors (Lipinski definition) is 1. The van der Waals surface area contributed by atoms with Crippen LogP contribution in [-0.2, 0) is 0 Å². The van der Waals surface area contributed by atoms with E-state index in [1.165, 1.54) is 0 Å². The molecule has 3 aromatic carbocycles. The van der Waals surface area contributed by atoms with Gasteiger partial charge in [-0.05, 0) is 79.9 Å². The number of carbonyl (C=O) groups excluding carboxylic acids is 1. The largest absolute Gasteiger partial charge is 0.490 e. The average Bonchev–Trinajstić information content (AvgIpc) is 2.78. The number of hydrogen-bond acceptors (Lipinski definition) is 3. The zero-order valence-electron chi connectivity index (χ0n) is 17.9. The Labute approximate surface area is 192 Å². The first-order valence-electron chi connectivity index (χ1n) is 10.6. The van der Waals surface area contributed by atoms with Crippen molar-refractivity contribution in [3.63, 3.8) is 0 Å². The normalized spacial score (nSPS) is 14.9. The number of aryl methyl sites for hydroxylation is 1. The minimum absolute atomic E-state index is 0.121. The molecule has 4 rings (SSSR count). The lowest BCUT2D eigenvalue weighted by Gasteiger charge is -2.29. The molecule has 1 heterocycles.